The van der Waals surface area contributed by atoms with Gasteiger partial charge in [0.2, 0.25) is 5.91 Å². The predicted molar refractivity (Wildman–Crippen MR) is 78.8 cm³/mol. The first-order valence-corrected chi connectivity index (χ1v) is 7.09. The average Bonchev–Trinajstić information content (AvgIpc) is 2.91. The van der Waals surface area contributed by atoms with Gasteiger partial charge in [0.1, 0.15) is 11.8 Å². The van der Waals surface area contributed by atoms with E-state index in [1.165, 1.54) is 19.2 Å². The summed E-state index contributed by atoms with van der Waals surface area (Å²) in [5, 5.41) is 2.33. The summed E-state index contributed by atoms with van der Waals surface area (Å²) in [6, 6.07) is 8.03. The number of fused-ring (bicyclic) bond motifs is 1. The van der Waals surface area contributed by atoms with Crippen LogP contribution in [0.4, 0.5) is 13.2 Å². The van der Waals surface area contributed by atoms with Crippen LogP contribution in [-0.4, -0.2) is 30.7 Å². The van der Waals surface area contributed by atoms with Crippen LogP contribution in [0, 0.1) is 0 Å². The molecule has 0 aromatic heterocycles. The first-order chi connectivity index (χ1) is 10.9. The molecule has 0 spiro atoms. The number of amides is 1. The molecule has 4 nitrogen and oxygen atoms in total. The predicted octanol–water partition coefficient (Wildman–Crippen LogP) is 3.19. The summed E-state index contributed by atoms with van der Waals surface area (Å²) in [7, 11) is 1.42. The van der Waals surface area contributed by atoms with E-state index in [0.717, 1.165) is 10.4 Å². The van der Waals surface area contributed by atoms with Crippen LogP contribution in [0.25, 0.3) is 10.8 Å². The van der Waals surface area contributed by atoms with E-state index in [9.17, 15) is 18.0 Å². The van der Waals surface area contributed by atoms with Gasteiger partial charge >= 0.3 is 6.18 Å². The fourth-order valence-electron chi connectivity index (χ4n) is 2.86. The lowest BCUT2D eigenvalue weighted by Gasteiger charge is -2.29. The summed E-state index contributed by atoms with van der Waals surface area (Å²) in [6.45, 7) is 0.0121. The zero-order valence-electron chi connectivity index (χ0n) is 12.4. The molecule has 2 aromatic carbocycles. The van der Waals surface area contributed by atoms with Gasteiger partial charge in [0.25, 0.3) is 0 Å². The number of alkyl halides is 3. The van der Waals surface area contributed by atoms with E-state index in [0.29, 0.717) is 11.1 Å². The molecule has 1 saturated heterocycles. The van der Waals surface area contributed by atoms with Crippen molar-refractivity contribution in [2.45, 2.75) is 18.6 Å². The number of nitrogens with zero attached hydrogens (tertiary/aromatic N) is 1. The molecule has 1 heterocycles. The lowest BCUT2D eigenvalue weighted by atomic mass is 10.00. The van der Waals surface area contributed by atoms with Crippen LogP contribution in [0.5, 0.6) is 5.75 Å². The Labute approximate surface area is 130 Å². The van der Waals surface area contributed by atoms with Crippen molar-refractivity contribution in [1.29, 1.82) is 0 Å². The number of methoxy groups -OCH3 is 1. The van der Waals surface area contributed by atoms with Crippen molar-refractivity contribution in [3.05, 3.63) is 42.0 Å². The summed E-state index contributed by atoms with van der Waals surface area (Å²) in [6.07, 6.45) is -4.47. The van der Waals surface area contributed by atoms with Crippen molar-refractivity contribution in [2.24, 2.45) is 0 Å². The van der Waals surface area contributed by atoms with E-state index in [4.69, 9.17) is 4.74 Å². The molecule has 1 fully saturated rings. The number of halogens is 3. The third kappa shape index (κ3) is 2.96. The molecule has 2 aromatic rings. The maximum atomic E-state index is 13.6. The van der Waals surface area contributed by atoms with E-state index >= 15 is 0 Å². The molecule has 1 aliphatic rings. The molecule has 1 amide bonds. The average molecular weight is 324 g/mol. The van der Waals surface area contributed by atoms with Gasteiger partial charge in [0.15, 0.2) is 0 Å². The zero-order valence-corrected chi connectivity index (χ0v) is 12.4. The Morgan fingerprint density at radius 3 is 2.61 bits per heavy atom. The van der Waals surface area contributed by atoms with Crippen LogP contribution in [0.3, 0.4) is 0 Å². The largest absolute Gasteiger partial charge is 0.496 e. The molecular weight excluding hydrogens is 309 g/mol. The number of carbonyl (C=O) groups is 1. The standard InChI is InChI=1S/C16H15F3N2O2/c1-23-13-9-11(8-10-4-2-3-5-12(10)13)15(16(17,18)19)21-7-6-14(22)20-21/h2-5,8-9,15H,6-7H2,1H3,(H,20,22)/t15-/m0/s1. The van der Waals surface area contributed by atoms with E-state index in [2.05, 4.69) is 5.43 Å². The summed E-state index contributed by atoms with van der Waals surface area (Å²) < 4.78 is 46.0. The fourth-order valence-corrected chi connectivity index (χ4v) is 2.86. The number of rotatable bonds is 3. The van der Waals surface area contributed by atoms with Gasteiger partial charge in [0, 0.05) is 18.4 Å². The number of carbonyl (C=O) groups excluding carboxylic acids is 1. The Morgan fingerprint density at radius 2 is 2.00 bits per heavy atom. The minimum Gasteiger partial charge on any atom is -0.496 e. The fraction of sp³-hybridized carbons (Fsp3) is 0.312. The van der Waals surface area contributed by atoms with Crippen molar-refractivity contribution in [3.8, 4) is 5.75 Å². The number of hydrazine groups is 1. The van der Waals surface area contributed by atoms with Gasteiger partial charge in [-0.15, -0.1) is 0 Å². The maximum absolute atomic E-state index is 13.6. The molecule has 3 rings (SSSR count). The molecule has 1 atom stereocenters. The van der Waals surface area contributed by atoms with E-state index in [1.807, 2.05) is 0 Å². The van der Waals surface area contributed by atoms with E-state index < -0.39 is 18.1 Å². The number of hydrogen-bond donors (Lipinski definition) is 1. The Bertz CT molecular complexity index is 746. The van der Waals surface area contributed by atoms with Gasteiger partial charge in [-0.2, -0.15) is 13.2 Å². The van der Waals surface area contributed by atoms with Gasteiger partial charge in [0.05, 0.1) is 7.11 Å². The molecule has 0 bridgehead atoms. The molecule has 0 saturated carbocycles. The van der Waals surface area contributed by atoms with Crippen LogP contribution in [0.2, 0.25) is 0 Å². The number of hydrogen-bond acceptors (Lipinski definition) is 3. The highest BCUT2D eigenvalue weighted by atomic mass is 19.4. The normalized spacial score (nSPS) is 17.3. The Hall–Kier alpha value is -2.28. The van der Waals surface area contributed by atoms with Gasteiger partial charge in [-0.3, -0.25) is 10.2 Å². The third-order valence-electron chi connectivity index (χ3n) is 3.85. The summed E-state index contributed by atoms with van der Waals surface area (Å²) in [5.74, 6) is -0.0372. The molecule has 0 aliphatic carbocycles. The third-order valence-corrected chi connectivity index (χ3v) is 3.85. The molecule has 122 valence electrons. The van der Waals surface area contributed by atoms with Gasteiger partial charge < -0.3 is 4.74 Å². The van der Waals surface area contributed by atoms with Crippen LogP contribution >= 0.6 is 0 Å². The van der Waals surface area contributed by atoms with Crippen molar-refractivity contribution < 1.29 is 22.7 Å². The van der Waals surface area contributed by atoms with Crippen LogP contribution in [-0.2, 0) is 4.79 Å². The van der Waals surface area contributed by atoms with Crippen molar-refractivity contribution in [3.63, 3.8) is 0 Å². The lowest BCUT2D eigenvalue weighted by molar-refractivity contribution is -0.191. The molecule has 23 heavy (non-hydrogen) atoms. The summed E-state index contributed by atoms with van der Waals surface area (Å²) in [5.41, 5.74) is 2.32. The Morgan fingerprint density at radius 1 is 1.26 bits per heavy atom. The number of benzene rings is 2. The minimum absolute atomic E-state index is 0.0121. The van der Waals surface area contributed by atoms with Crippen molar-refractivity contribution in [1.82, 2.24) is 10.4 Å². The van der Waals surface area contributed by atoms with Crippen LogP contribution in [0.1, 0.15) is 18.0 Å². The zero-order chi connectivity index (χ0) is 16.6. The Kier molecular flexibility index (Phi) is 3.89. The second-order valence-corrected chi connectivity index (χ2v) is 5.37. The van der Waals surface area contributed by atoms with Gasteiger partial charge in [-0.25, -0.2) is 5.01 Å². The smallest absolute Gasteiger partial charge is 0.409 e. The minimum atomic E-state index is -4.52. The molecule has 7 heteroatoms. The first-order valence-electron chi connectivity index (χ1n) is 7.09. The maximum Gasteiger partial charge on any atom is 0.409 e. The van der Waals surface area contributed by atoms with Gasteiger partial charge in [-0.05, 0) is 23.1 Å². The number of nitrogens with one attached hydrogen (secondary N) is 1. The monoisotopic (exact) mass is 324 g/mol. The summed E-state index contributed by atoms with van der Waals surface area (Å²) >= 11 is 0. The highest BCUT2D eigenvalue weighted by Gasteiger charge is 2.47. The summed E-state index contributed by atoms with van der Waals surface area (Å²) in [4.78, 5) is 11.3. The van der Waals surface area contributed by atoms with E-state index in [-0.39, 0.29) is 18.5 Å². The highest BCUT2D eigenvalue weighted by molar-refractivity contribution is 5.89. The van der Waals surface area contributed by atoms with E-state index in [1.54, 1.807) is 24.3 Å². The second-order valence-electron chi connectivity index (χ2n) is 5.37. The molecule has 0 radical (unpaired) electrons. The van der Waals surface area contributed by atoms with Crippen LogP contribution < -0.4 is 10.2 Å². The van der Waals surface area contributed by atoms with Gasteiger partial charge in [-0.1, -0.05) is 24.3 Å². The number of ether oxygens (including phenoxy) is 1. The quantitative estimate of drug-likeness (QED) is 0.943. The SMILES string of the molecule is COc1cc([C@H](N2CCC(=O)N2)C(F)(F)F)cc2ccccc12. The molecule has 1 N–H and O–H groups in total. The Balaban J connectivity index is 2.12. The topological polar surface area (TPSA) is 41.6 Å². The lowest BCUT2D eigenvalue weighted by Crippen LogP contribution is -2.43. The highest BCUT2D eigenvalue weighted by Crippen LogP contribution is 2.41. The van der Waals surface area contributed by atoms with Crippen molar-refractivity contribution in [2.75, 3.05) is 13.7 Å². The molecular formula is C16H15F3N2O2. The molecule has 0 unspecified atom stereocenters. The van der Waals surface area contributed by atoms with Crippen molar-refractivity contribution >= 4 is 16.7 Å². The van der Waals surface area contributed by atoms with Crippen LogP contribution in [0.15, 0.2) is 36.4 Å². The first kappa shape index (κ1) is 15.6. The molecule has 1 aliphatic heterocycles. The second kappa shape index (κ2) is 5.73.